The third-order valence-corrected chi connectivity index (χ3v) is 3.27. The highest BCUT2D eigenvalue weighted by Crippen LogP contribution is 2.25. The van der Waals surface area contributed by atoms with Crippen LogP contribution in [0.25, 0.3) is 11.0 Å². The second-order valence-corrected chi connectivity index (χ2v) is 4.72. The van der Waals surface area contributed by atoms with E-state index in [2.05, 4.69) is 0 Å². The highest BCUT2D eigenvalue weighted by Gasteiger charge is 2.20. The van der Waals surface area contributed by atoms with E-state index in [0.29, 0.717) is 11.3 Å². The largest absolute Gasteiger partial charge is 0.451 e. The van der Waals surface area contributed by atoms with Crippen molar-refractivity contribution >= 4 is 28.3 Å². The third kappa shape index (κ3) is 2.33. The van der Waals surface area contributed by atoms with Gasteiger partial charge in [-0.05, 0) is 36.4 Å². The summed E-state index contributed by atoms with van der Waals surface area (Å²) < 4.78 is 19.2. The molecule has 0 saturated carbocycles. The zero-order valence-electron chi connectivity index (χ0n) is 11.3. The SMILES string of the molecule is CN(C(=O)c1cc2cc(N)ccc2o1)c1ccccc1F. The van der Waals surface area contributed by atoms with E-state index < -0.39 is 11.7 Å². The topological polar surface area (TPSA) is 59.5 Å². The predicted octanol–water partition coefficient (Wildman–Crippen LogP) is 3.43. The Morgan fingerprint density at radius 2 is 1.95 bits per heavy atom. The molecule has 21 heavy (non-hydrogen) atoms. The van der Waals surface area contributed by atoms with E-state index in [1.165, 1.54) is 24.1 Å². The van der Waals surface area contributed by atoms with E-state index in [1.54, 1.807) is 36.4 Å². The molecule has 106 valence electrons. The Balaban J connectivity index is 1.98. The molecule has 0 unspecified atom stereocenters. The summed E-state index contributed by atoms with van der Waals surface area (Å²) in [4.78, 5) is 13.6. The number of fused-ring (bicyclic) bond motifs is 1. The summed E-state index contributed by atoms with van der Waals surface area (Å²) in [5.74, 6) is -0.745. The second kappa shape index (κ2) is 4.94. The minimum absolute atomic E-state index is 0.140. The van der Waals surface area contributed by atoms with Crippen molar-refractivity contribution in [2.45, 2.75) is 0 Å². The summed E-state index contributed by atoms with van der Waals surface area (Å²) in [6.07, 6.45) is 0. The van der Waals surface area contributed by atoms with Crippen LogP contribution in [0.2, 0.25) is 0 Å². The van der Waals surface area contributed by atoms with Gasteiger partial charge in [0.15, 0.2) is 5.76 Å². The van der Waals surface area contributed by atoms with Crippen LogP contribution in [0.3, 0.4) is 0 Å². The van der Waals surface area contributed by atoms with Gasteiger partial charge in [0.1, 0.15) is 11.4 Å². The van der Waals surface area contributed by atoms with Crippen LogP contribution in [-0.4, -0.2) is 13.0 Å². The average molecular weight is 284 g/mol. The zero-order chi connectivity index (χ0) is 15.0. The first-order valence-electron chi connectivity index (χ1n) is 6.38. The van der Waals surface area contributed by atoms with E-state index in [-0.39, 0.29) is 11.4 Å². The number of anilines is 2. The number of carbonyl (C=O) groups is 1. The monoisotopic (exact) mass is 284 g/mol. The van der Waals surface area contributed by atoms with E-state index in [4.69, 9.17) is 10.2 Å². The summed E-state index contributed by atoms with van der Waals surface area (Å²) in [7, 11) is 1.50. The molecule has 3 aromatic rings. The van der Waals surface area contributed by atoms with Gasteiger partial charge in [0, 0.05) is 18.1 Å². The smallest absolute Gasteiger partial charge is 0.293 e. The number of nitrogen functional groups attached to an aromatic ring is 1. The second-order valence-electron chi connectivity index (χ2n) is 4.72. The molecule has 3 rings (SSSR count). The van der Waals surface area contributed by atoms with Gasteiger partial charge in [0.05, 0.1) is 5.69 Å². The molecule has 2 aromatic carbocycles. The number of rotatable bonds is 2. The Kier molecular flexibility index (Phi) is 3.10. The van der Waals surface area contributed by atoms with E-state index in [0.717, 1.165) is 5.39 Å². The van der Waals surface area contributed by atoms with Crippen molar-refractivity contribution in [3.63, 3.8) is 0 Å². The Hall–Kier alpha value is -2.82. The fraction of sp³-hybridized carbons (Fsp3) is 0.0625. The predicted molar refractivity (Wildman–Crippen MR) is 79.8 cm³/mol. The minimum atomic E-state index is -0.464. The van der Waals surface area contributed by atoms with Gasteiger partial charge in [-0.1, -0.05) is 12.1 Å². The lowest BCUT2D eigenvalue weighted by Gasteiger charge is -2.16. The Labute approximate surface area is 120 Å². The van der Waals surface area contributed by atoms with Gasteiger partial charge < -0.3 is 15.1 Å². The highest BCUT2D eigenvalue weighted by atomic mass is 19.1. The third-order valence-electron chi connectivity index (χ3n) is 3.27. The van der Waals surface area contributed by atoms with Gasteiger partial charge in [0.2, 0.25) is 0 Å². The number of hydrogen-bond acceptors (Lipinski definition) is 3. The number of nitrogens with two attached hydrogens (primary N) is 1. The molecule has 5 heteroatoms. The summed E-state index contributed by atoms with van der Waals surface area (Å²) in [5.41, 5.74) is 7.04. The van der Waals surface area contributed by atoms with Crippen molar-refractivity contribution in [2.24, 2.45) is 0 Å². The van der Waals surface area contributed by atoms with Crippen LogP contribution in [0.1, 0.15) is 10.6 Å². The average Bonchev–Trinajstić information content (AvgIpc) is 2.89. The van der Waals surface area contributed by atoms with E-state index >= 15 is 0 Å². The number of nitrogens with zero attached hydrogens (tertiary/aromatic N) is 1. The maximum atomic E-state index is 13.7. The van der Waals surface area contributed by atoms with Crippen LogP contribution in [0.15, 0.2) is 52.9 Å². The van der Waals surface area contributed by atoms with Crippen molar-refractivity contribution < 1.29 is 13.6 Å². The maximum absolute atomic E-state index is 13.7. The molecule has 0 fully saturated rings. The molecule has 0 aliphatic heterocycles. The molecule has 1 heterocycles. The van der Waals surface area contributed by atoms with E-state index in [1.807, 2.05) is 0 Å². The van der Waals surface area contributed by atoms with Crippen LogP contribution in [-0.2, 0) is 0 Å². The number of amides is 1. The quantitative estimate of drug-likeness (QED) is 0.733. The van der Waals surface area contributed by atoms with E-state index in [9.17, 15) is 9.18 Å². The first kappa shape index (κ1) is 13.2. The number of benzene rings is 2. The zero-order valence-corrected chi connectivity index (χ0v) is 11.3. The first-order chi connectivity index (χ1) is 10.1. The first-order valence-corrected chi connectivity index (χ1v) is 6.38. The van der Waals surface area contributed by atoms with Crippen molar-refractivity contribution in [1.29, 1.82) is 0 Å². The molecule has 1 aromatic heterocycles. The fourth-order valence-electron chi connectivity index (χ4n) is 2.17. The summed E-state index contributed by atoms with van der Waals surface area (Å²) in [6, 6.07) is 12.8. The highest BCUT2D eigenvalue weighted by molar-refractivity contribution is 6.06. The molecular weight excluding hydrogens is 271 g/mol. The molecule has 1 amide bonds. The molecule has 0 saturated heterocycles. The van der Waals surface area contributed by atoms with Gasteiger partial charge in [-0.3, -0.25) is 4.79 Å². The normalized spacial score (nSPS) is 10.8. The Bertz CT molecular complexity index is 826. The fourth-order valence-corrected chi connectivity index (χ4v) is 2.17. The van der Waals surface area contributed by atoms with Gasteiger partial charge in [0.25, 0.3) is 5.91 Å². The van der Waals surface area contributed by atoms with Crippen molar-refractivity contribution in [3.05, 3.63) is 60.1 Å². The molecule has 0 radical (unpaired) electrons. The van der Waals surface area contributed by atoms with Crippen LogP contribution < -0.4 is 10.6 Å². The van der Waals surface area contributed by atoms with Gasteiger partial charge in [-0.25, -0.2) is 4.39 Å². The van der Waals surface area contributed by atoms with Crippen LogP contribution in [0.5, 0.6) is 0 Å². The van der Waals surface area contributed by atoms with Crippen LogP contribution >= 0.6 is 0 Å². The molecule has 0 aliphatic carbocycles. The summed E-state index contributed by atoms with van der Waals surface area (Å²) >= 11 is 0. The Morgan fingerprint density at radius 3 is 2.71 bits per heavy atom. The standard InChI is InChI=1S/C16H13FN2O2/c1-19(13-5-3-2-4-12(13)17)16(20)15-9-10-8-11(18)6-7-14(10)21-15/h2-9H,18H2,1H3. The van der Waals surface area contributed by atoms with Gasteiger partial charge in [-0.2, -0.15) is 0 Å². The summed E-state index contributed by atoms with van der Waals surface area (Å²) in [6.45, 7) is 0. The summed E-state index contributed by atoms with van der Waals surface area (Å²) in [5, 5.41) is 0.736. The van der Waals surface area contributed by atoms with Crippen LogP contribution in [0, 0.1) is 5.82 Å². The van der Waals surface area contributed by atoms with Gasteiger partial charge >= 0.3 is 0 Å². The maximum Gasteiger partial charge on any atom is 0.293 e. The molecule has 0 spiro atoms. The molecule has 4 nitrogen and oxygen atoms in total. The lowest BCUT2D eigenvalue weighted by atomic mass is 10.2. The molecule has 2 N–H and O–H groups in total. The van der Waals surface area contributed by atoms with Crippen molar-refractivity contribution in [2.75, 3.05) is 17.7 Å². The van der Waals surface area contributed by atoms with Crippen molar-refractivity contribution in [1.82, 2.24) is 0 Å². The number of hydrogen-bond donors (Lipinski definition) is 1. The molecular formula is C16H13FN2O2. The lowest BCUT2D eigenvalue weighted by Crippen LogP contribution is -2.26. The number of furan rings is 1. The number of para-hydroxylation sites is 1. The Morgan fingerprint density at radius 1 is 1.19 bits per heavy atom. The molecule has 0 atom stereocenters. The lowest BCUT2D eigenvalue weighted by molar-refractivity contribution is 0.0968. The van der Waals surface area contributed by atoms with Crippen LogP contribution in [0.4, 0.5) is 15.8 Å². The number of carbonyl (C=O) groups excluding carboxylic acids is 1. The van der Waals surface area contributed by atoms with Gasteiger partial charge in [-0.15, -0.1) is 0 Å². The van der Waals surface area contributed by atoms with Crippen molar-refractivity contribution in [3.8, 4) is 0 Å². The molecule has 0 aliphatic rings. The minimum Gasteiger partial charge on any atom is -0.451 e. The number of halogens is 1. The molecule has 0 bridgehead atoms.